The summed E-state index contributed by atoms with van der Waals surface area (Å²) in [6, 6.07) is 18.1. The Kier molecular flexibility index (Phi) is 5.23. The first-order valence-electron chi connectivity index (χ1n) is 11.3. The Bertz CT molecular complexity index is 1210. The van der Waals surface area contributed by atoms with Crippen molar-refractivity contribution in [1.82, 2.24) is 0 Å². The number of fused-ring (bicyclic) bond motifs is 1. The number of rotatable bonds is 3. The van der Waals surface area contributed by atoms with Gasteiger partial charge in [0.15, 0.2) is 0 Å². The molecule has 2 aromatic rings. The average molecular weight is 492 g/mol. The Morgan fingerprint density at radius 1 is 0.767 bits per heavy atom. The third kappa shape index (κ3) is 3.01. The van der Waals surface area contributed by atoms with E-state index in [9.17, 15) is 0 Å². The zero-order valence-electron chi connectivity index (χ0n) is 20.0. The SMILES string of the molecule is CC1=C(C)C(C)[C]([Zr]([CH3])([CH3])(=[SiH2])[CH]2C(C)=C(c3ccccc3)c3c(C)cccc32)=C1C. The quantitative estimate of drug-likeness (QED) is 0.391. The third-order valence-electron chi connectivity index (χ3n) is 8.21. The van der Waals surface area contributed by atoms with Crippen LogP contribution in [0.25, 0.3) is 5.57 Å². The molecule has 156 valence electrons. The second kappa shape index (κ2) is 7.14. The van der Waals surface area contributed by atoms with Crippen molar-refractivity contribution < 1.29 is 17.4 Å². The first-order valence-corrected chi connectivity index (χ1v) is 24.8. The van der Waals surface area contributed by atoms with E-state index in [0.29, 0.717) is 9.54 Å². The molecule has 0 fully saturated rings. The summed E-state index contributed by atoms with van der Waals surface area (Å²) in [6.07, 6.45) is 0. The summed E-state index contributed by atoms with van der Waals surface area (Å²) in [6.45, 7) is 16.7. The van der Waals surface area contributed by atoms with Crippen LogP contribution >= 0.6 is 0 Å². The van der Waals surface area contributed by atoms with E-state index in [1.807, 2.05) is 3.28 Å². The van der Waals surface area contributed by atoms with E-state index >= 15 is 0 Å². The van der Waals surface area contributed by atoms with Gasteiger partial charge in [0.2, 0.25) is 0 Å². The Morgan fingerprint density at radius 2 is 1.40 bits per heavy atom. The summed E-state index contributed by atoms with van der Waals surface area (Å²) in [5.74, 6) is 0.588. The summed E-state index contributed by atoms with van der Waals surface area (Å²) in [4.78, 5) is 0. The molecule has 2 aromatic carbocycles. The van der Waals surface area contributed by atoms with Gasteiger partial charge in [-0.2, -0.15) is 0 Å². The molecule has 0 saturated heterocycles. The molecule has 0 saturated carbocycles. The van der Waals surface area contributed by atoms with Gasteiger partial charge >= 0.3 is 187 Å². The molecule has 0 radical (unpaired) electrons. The Balaban J connectivity index is 2.04. The fourth-order valence-corrected chi connectivity index (χ4v) is 28.4. The number of hydrogen-bond donors (Lipinski definition) is 0. The van der Waals surface area contributed by atoms with Crippen molar-refractivity contribution in [3.63, 3.8) is 0 Å². The molecule has 0 spiro atoms. The van der Waals surface area contributed by atoms with Crippen LogP contribution in [0.1, 0.15) is 60.5 Å². The molecule has 0 N–H and O–H groups in total. The summed E-state index contributed by atoms with van der Waals surface area (Å²) in [5, 5.41) is 0. The van der Waals surface area contributed by atoms with E-state index in [4.69, 9.17) is 0 Å². The molecule has 0 aliphatic heterocycles. The van der Waals surface area contributed by atoms with Crippen LogP contribution in [0, 0.1) is 12.8 Å². The first kappa shape index (κ1) is 22.0. The Labute approximate surface area is 185 Å². The second-order valence-corrected chi connectivity index (χ2v) is 40.2. The molecule has 2 heteroatoms. The van der Waals surface area contributed by atoms with E-state index in [0.717, 1.165) is 0 Å². The van der Waals surface area contributed by atoms with Gasteiger partial charge in [-0.25, -0.2) is 0 Å². The molecule has 2 unspecified atom stereocenters. The fourth-order valence-electron chi connectivity index (χ4n) is 6.86. The molecule has 4 rings (SSSR count). The fraction of sp³-hybridized carbons (Fsp3) is 0.357. The Hall–Kier alpha value is -1.24. The first-order chi connectivity index (χ1) is 14.0. The van der Waals surface area contributed by atoms with Crippen LogP contribution in [-0.4, -0.2) is 6.88 Å². The summed E-state index contributed by atoms with van der Waals surface area (Å²) < 4.78 is 7.83. The van der Waals surface area contributed by atoms with Crippen LogP contribution in [0.5, 0.6) is 0 Å². The van der Waals surface area contributed by atoms with Crippen molar-refractivity contribution in [2.75, 3.05) is 0 Å². The summed E-state index contributed by atoms with van der Waals surface area (Å²) in [7, 11) is 0. The molecule has 2 aliphatic rings. The molecule has 2 aliphatic carbocycles. The van der Waals surface area contributed by atoms with Crippen molar-refractivity contribution in [1.29, 1.82) is 0 Å². The summed E-state index contributed by atoms with van der Waals surface area (Å²) in [5.41, 5.74) is 13.7. The predicted octanol–water partition coefficient (Wildman–Crippen LogP) is 7.47. The normalized spacial score (nSPS) is 22.3. The van der Waals surface area contributed by atoms with Crippen molar-refractivity contribution in [3.05, 3.63) is 96.4 Å². The van der Waals surface area contributed by atoms with E-state index in [1.54, 1.807) is 27.9 Å². The van der Waals surface area contributed by atoms with E-state index in [1.165, 1.54) is 22.3 Å². The van der Waals surface area contributed by atoms with Crippen LogP contribution in [0.15, 0.2) is 74.1 Å². The van der Waals surface area contributed by atoms with Gasteiger partial charge in [-0.1, -0.05) is 0 Å². The van der Waals surface area contributed by atoms with E-state index < -0.39 is 17.4 Å². The number of allylic oxidation sites excluding steroid dienone is 5. The van der Waals surface area contributed by atoms with Crippen molar-refractivity contribution in [2.24, 2.45) is 5.92 Å². The number of hydrogen-bond acceptors (Lipinski definition) is 0. The molecule has 0 amide bonds. The van der Waals surface area contributed by atoms with Gasteiger partial charge in [0, 0.05) is 0 Å². The van der Waals surface area contributed by atoms with Crippen LogP contribution in [0.4, 0.5) is 0 Å². The van der Waals surface area contributed by atoms with Gasteiger partial charge < -0.3 is 0 Å². The minimum absolute atomic E-state index is 0.570. The van der Waals surface area contributed by atoms with Gasteiger partial charge in [0.25, 0.3) is 0 Å². The predicted molar refractivity (Wildman–Crippen MR) is 133 cm³/mol. The monoisotopic (exact) mass is 490 g/mol. The maximum absolute atomic E-state index is 3.38. The molecule has 0 bridgehead atoms. The van der Waals surface area contributed by atoms with Crippen molar-refractivity contribution in [2.45, 2.75) is 54.4 Å². The summed E-state index contributed by atoms with van der Waals surface area (Å²) >= 11 is -3.38. The number of aryl methyl sites for hydroxylation is 1. The van der Waals surface area contributed by atoms with Crippen LogP contribution < -0.4 is 0 Å². The molecule has 0 nitrogen and oxygen atoms in total. The topological polar surface area (TPSA) is 0 Å². The second-order valence-electron chi connectivity index (χ2n) is 10.8. The Morgan fingerprint density at radius 3 is 1.97 bits per heavy atom. The van der Waals surface area contributed by atoms with E-state index in [-0.39, 0.29) is 0 Å². The van der Waals surface area contributed by atoms with Gasteiger partial charge in [-0.3, -0.25) is 0 Å². The standard InChI is InChI=1S/C17H15.C9H13.2CH3.H2Si.Zr/c1-12-7-6-10-15-11-13(2)17(16(12)15)14-8-4-3-5-9-14;1-6-5-7(2)9(4)8(6)3;;;;/h3-11H,1-2H3;6H,1-4H3;2*1H3;1H2;. The maximum atomic E-state index is 2.72. The molecule has 0 heterocycles. The molecular weight excluding hydrogens is 456 g/mol. The zero-order chi connectivity index (χ0) is 22.0. The van der Waals surface area contributed by atoms with E-state index in [2.05, 4.69) is 106 Å². The van der Waals surface area contributed by atoms with Gasteiger partial charge in [-0.05, 0) is 0 Å². The van der Waals surface area contributed by atoms with Crippen LogP contribution in [-0.2, 0) is 17.4 Å². The molecule has 30 heavy (non-hydrogen) atoms. The van der Waals surface area contributed by atoms with Gasteiger partial charge in [0.05, 0.1) is 0 Å². The molecule has 0 aromatic heterocycles. The average Bonchev–Trinajstić information content (AvgIpc) is 3.10. The van der Waals surface area contributed by atoms with Crippen molar-refractivity contribution in [3.8, 4) is 0 Å². The molecule has 2 atom stereocenters. The number of benzene rings is 2. The van der Waals surface area contributed by atoms with Crippen LogP contribution in [0.3, 0.4) is 0 Å². The van der Waals surface area contributed by atoms with Gasteiger partial charge in [-0.15, -0.1) is 0 Å². The van der Waals surface area contributed by atoms with Gasteiger partial charge in [0.1, 0.15) is 0 Å². The zero-order valence-corrected chi connectivity index (χ0v) is 23.9. The minimum atomic E-state index is -3.38. The van der Waals surface area contributed by atoms with Crippen LogP contribution in [0.2, 0.25) is 9.26 Å². The molecular formula is C28H36SiZr. The van der Waals surface area contributed by atoms with Crippen molar-refractivity contribution >= 4 is 12.5 Å². The third-order valence-corrected chi connectivity index (χ3v) is 25.6.